The van der Waals surface area contributed by atoms with Gasteiger partial charge in [-0.3, -0.25) is 9.59 Å². The lowest BCUT2D eigenvalue weighted by molar-refractivity contribution is -0.138. The first-order chi connectivity index (χ1) is 10.7. The van der Waals surface area contributed by atoms with Gasteiger partial charge in [-0.05, 0) is 18.9 Å². The number of ether oxygens (including phenoxy) is 1. The molecule has 0 atom stereocenters. The second-order valence-electron chi connectivity index (χ2n) is 5.32. The van der Waals surface area contributed by atoms with E-state index in [4.69, 9.17) is 9.84 Å². The molecule has 22 heavy (non-hydrogen) atoms. The van der Waals surface area contributed by atoms with Crippen LogP contribution >= 0.6 is 11.3 Å². The SMILES string of the molecule is O=C(O)CN(C(=O)c1csc2ccccc12)C1CCOCC1. The molecule has 0 spiro atoms. The van der Waals surface area contributed by atoms with E-state index in [1.807, 2.05) is 29.6 Å². The van der Waals surface area contributed by atoms with E-state index in [0.29, 0.717) is 31.6 Å². The molecule has 0 radical (unpaired) electrons. The summed E-state index contributed by atoms with van der Waals surface area (Å²) in [4.78, 5) is 25.5. The summed E-state index contributed by atoms with van der Waals surface area (Å²) in [6.07, 6.45) is 1.36. The van der Waals surface area contributed by atoms with Crippen LogP contribution in [-0.2, 0) is 9.53 Å². The van der Waals surface area contributed by atoms with Crippen molar-refractivity contribution in [1.82, 2.24) is 4.90 Å². The second-order valence-corrected chi connectivity index (χ2v) is 6.23. The van der Waals surface area contributed by atoms with Gasteiger partial charge in [-0.1, -0.05) is 18.2 Å². The number of aliphatic carboxylic acids is 1. The van der Waals surface area contributed by atoms with Crippen LogP contribution in [0.15, 0.2) is 29.6 Å². The van der Waals surface area contributed by atoms with Crippen LogP contribution in [0.3, 0.4) is 0 Å². The van der Waals surface area contributed by atoms with Gasteiger partial charge >= 0.3 is 5.97 Å². The monoisotopic (exact) mass is 319 g/mol. The van der Waals surface area contributed by atoms with Crippen molar-refractivity contribution < 1.29 is 19.4 Å². The number of hydrogen-bond acceptors (Lipinski definition) is 4. The maximum absolute atomic E-state index is 12.9. The van der Waals surface area contributed by atoms with E-state index in [1.54, 1.807) is 0 Å². The lowest BCUT2D eigenvalue weighted by Crippen LogP contribution is -2.46. The molecule has 3 rings (SSSR count). The fourth-order valence-corrected chi connectivity index (χ4v) is 3.74. The number of nitrogens with zero attached hydrogens (tertiary/aromatic N) is 1. The van der Waals surface area contributed by atoms with E-state index in [9.17, 15) is 9.59 Å². The minimum absolute atomic E-state index is 0.0731. The molecular formula is C16H17NO4S. The molecular weight excluding hydrogens is 302 g/mol. The van der Waals surface area contributed by atoms with Gasteiger partial charge in [-0.2, -0.15) is 0 Å². The Kier molecular flexibility index (Phi) is 4.40. The van der Waals surface area contributed by atoms with Crippen molar-refractivity contribution in [3.05, 3.63) is 35.2 Å². The van der Waals surface area contributed by atoms with E-state index < -0.39 is 5.97 Å². The van der Waals surface area contributed by atoms with Gasteiger partial charge in [0.1, 0.15) is 6.54 Å². The summed E-state index contributed by atoms with van der Waals surface area (Å²) in [6, 6.07) is 7.62. The van der Waals surface area contributed by atoms with Gasteiger partial charge in [0.25, 0.3) is 5.91 Å². The van der Waals surface area contributed by atoms with E-state index in [0.717, 1.165) is 10.1 Å². The van der Waals surface area contributed by atoms with Crippen molar-refractivity contribution in [1.29, 1.82) is 0 Å². The number of carbonyl (C=O) groups excluding carboxylic acids is 1. The summed E-state index contributed by atoms with van der Waals surface area (Å²) in [7, 11) is 0. The molecule has 0 saturated carbocycles. The highest BCUT2D eigenvalue weighted by atomic mass is 32.1. The quantitative estimate of drug-likeness (QED) is 0.940. The Bertz CT molecular complexity index is 690. The summed E-state index contributed by atoms with van der Waals surface area (Å²) >= 11 is 1.51. The number of benzene rings is 1. The first-order valence-electron chi connectivity index (χ1n) is 7.23. The molecule has 1 fully saturated rings. The summed E-state index contributed by atoms with van der Waals surface area (Å²) in [5.41, 5.74) is 0.591. The Morgan fingerprint density at radius 2 is 2.00 bits per heavy atom. The van der Waals surface area contributed by atoms with E-state index in [-0.39, 0.29) is 18.5 Å². The zero-order valence-electron chi connectivity index (χ0n) is 12.0. The minimum Gasteiger partial charge on any atom is -0.480 e. The van der Waals surface area contributed by atoms with Crippen molar-refractivity contribution in [3.8, 4) is 0 Å². The number of hydrogen-bond donors (Lipinski definition) is 1. The van der Waals surface area contributed by atoms with E-state index >= 15 is 0 Å². The zero-order chi connectivity index (χ0) is 15.5. The van der Waals surface area contributed by atoms with Crippen molar-refractivity contribution >= 4 is 33.3 Å². The predicted octanol–water partition coefficient (Wildman–Crippen LogP) is 2.61. The Labute approximate surface area is 132 Å². The molecule has 1 aliphatic rings. The van der Waals surface area contributed by atoms with Crippen LogP contribution in [-0.4, -0.2) is 47.7 Å². The minimum atomic E-state index is -0.987. The van der Waals surface area contributed by atoms with Gasteiger partial charge in [-0.15, -0.1) is 11.3 Å². The van der Waals surface area contributed by atoms with Gasteiger partial charge < -0.3 is 14.7 Å². The molecule has 0 bridgehead atoms. The third kappa shape index (κ3) is 2.98. The van der Waals surface area contributed by atoms with Crippen LogP contribution in [0, 0.1) is 0 Å². The number of carbonyl (C=O) groups is 2. The molecule has 0 aliphatic carbocycles. The van der Waals surface area contributed by atoms with Gasteiger partial charge in [-0.25, -0.2) is 0 Å². The third-order valence-electron chi connectivity index (χ3n) is 3.91. The number of carboxylic acid groups (broad SMARTS) is 1. The van der Waals surface area contributed by atoms with Gasteiger partial charge in [0.15, 0.2) is 0 Å². The lowest BCUT2D eigenvalue weighted by atomic mass is 10.0. The molecule has 116 valence electrons. The van der Waals surface area contributed by atoms with Crippen molar-refractivity contribution in [2.45, 2.75) is 18.9 Å². The Hall–Kier alpha value is -1.92. The standard InChI is InChI=1S/C16H17NO4S/c18-15(19)9-17(11-5-7-21-8-6-11)16(20)13-10-22-14-4-2-1-3-12(13)14/h1-4,10-11H,5-9H2,(H,18,19). The molecule has 1 amide bonds. The Morgan fingerprint density at radius 1 is 1.27 bits per heavy atom. The highest BCUT2D eigenvalue weighted by molar-refractivity contribution is 7.17. The van der Waals surface area contributed by atoms with Crippen molar-refractivity contribution in [2.24, 2.45) is 0 Å². The van der Waals surface area contributed by atoms with Crippen molar-refractivity contribution in [2.75, 3.05) is 19.8 Å². The molecule has 5 nitrogen and oxygen atoms in total. The smallest absolute Gasteiger partial charge is 0.323 e. The molecule has 2 aromatic rings. The highest BCUT2D eigenvalue weighted by Crippen LogP contribution is 2.28. The molecule has 2 heterocycles. The fourth-order valence-electron chi connectivity index (χ4n) is 2.81. The number of thiophene rings is 1. The fraction of sp³-hybridized carbons (Fsp3) is 0.375. The number of carboxylic acids is 1. The predicted molar refractivity (Wildman–Crippen MR) is 84.3 cm³/mol. The number of rotatable bonds is 4. The van der Waals surface area contributed by atoms with Gasteiger partial charge in [0.05, 0.1) is 5.56 Å². The molecule has 1 saturated heterocycles. The summed E-state index contributed by atoms with van der Waals surface area (Å²) in [6.45, 7) is 0.866. The molecule has 6 heteroatoms. The van der Waals surface area contributed by atoms with E-state index in [1.165, 1.54) is 16.2 Å². The average Bonchev–Trinajstić information content (AvgIpc) is 2.97. The van der Waals surface area contributed by atoms with Gasteiger partial charge in [0, 0.05) is 34.7 Å². The molecule has 1 aromatic carbocycles. The Morgan fingerprint density at radius 3 is 2.73 bits per heavy atom. The molecule has 1 aliphatic heterocycles. The van der Waals surface area contributed by atoms with Crippen LogP contribution in [0.4, 0.5) is 0 Å². The lowest BCUT2D eigenvalue weighted by Gasteiger charge is -2.33. The number of fused-ring (bicyclic) bond motifs is 1. The maximum atomic E-state index is 12.9. The van der Waals surface area contributed by atoms with Gasteiger partial charge in [0.2, 0.25) is 0 Å². The van der Waals surface area contributed by atoms with E-state index in [2.05, 4.69) is 0 Å². The topological polar surface area (TPSA) is 66.8 Å². The summed E-state index contributed by atoms with van der Waals surface area (Å²) < 4.78 is 6.35. The van der Waals surface area contributed by atoms with Crippen LogP contribution in [0.25, 0.3) is 10.1 Å². The maximum Gasteiger partial charge on any atom is 0.323 e. The number of amides is 1. The molecule has 1 N–H and O–H groups in total. The van der Waals surface area contributed by atoms with Crippen molar-refractivity contribution in [3.63, 3.8) is 0 Å². The third-order valence-corrected chi connectivity index (χ3v) is 4.87. The summed E-state index contributed by atoms with van der Waals surface area (Å²) in [5, 5.41) is 11.9. The zero-order valence-corrected chi connectivity index (χ0v) is 12.8. The van der Waals surface area contributed by atoms with Crippen LogP contribution in [0.5, 0.6) is 0 Å². The van der Waals surface area contributed by atoms with Crippen LogP contribution < -0.4 is 0 Å². The van der Waals surface area contributed by atoms with Crippen LogP contribution in [0.2, 0.25) is 0 Å². The Balaban J connectivity index is 1.92. The molecule has 0 unspecified atom stereocenters. The highest BCUT2D eigenvalue weighted by Gasteiger charge is 2.29. The first kappa shape index (κ1) is 15.0. The average molecular weight is 319 g/mol. The van der Waals surface area contributed by atoms with Crippen LogP contribution in [0.1, 0.15) is 23.2 Å². The second kappa shape index (κ2) is 6.46. The summed E-state index contributed by atoms with van der Waals surface area (Å²) in [5.74, 6) is -1.19. The largest absolute Gasteiger partial charge is 0.480 e. The first-order valence-corrected chi connectivity index (χ1v) is 8.11. The normalized spacial score (nSPS) is 15.8. The molecule has 1 aromatic heterocycles.